The second kappa shape index (κ2) is 7.05. The quantitative estimate of drug-likeness (QED) is 0.411. The molecular weight excluding hydrogens is 448 g/mol. The standard InChI is InChI=1S/C28H40O7/c1-13-12-17-25(7)10-11-28(34-14(2)15(3)35-28)24(5,6)19(25)18(29)22(31)27(17,9)20-23(32)33-16(4)21(30)26(13,20)8/h14-17,19-20,22,31H,1,10-12H2,2-9H3. The van der Waals surface area contributed by atoms with Gasteiger partial charge in [-0.3, -0.25) is 14.4 Å². The van der Waals surface area contributed by atoms with Crippen LogP contribution in [-0.4, -0.2) is 52.8 Å². The van der Waals surface area contributed by atoms with Gasteiger partial charge in [0.05, 0.1) is 23.5 Å². The molecule has 3 aliphatic carbocycles. The van der Waals surface area contributed by atoms with E-state index in [-0.39, 0.29) is 29.7 Å². The van der Waals surface area contributed by atoms with Gasteiger partial charge in [0.25, 0.3) is 0 Å². The number of hydrogen-bond donors (Lipinski definition) is 1. The molecule has 10 atom stereocenters. The monoisotopic (exact) mass is 488 g/mol. The van der Waals surface area contributed by atoms with Gasteiger partial charge in [-0.1, -0.05) is 39.8 Å². The van der Waals surface area contributed by atoms with Crippen LogP contribution in [0.3, 0.4) is 0 Å². The minimum absolute atomic E-state index is 0.104. The van der Waals surface area contributed by atoms with E-state index < -0.39 is 57.5 Å². The number of rotatable bonds is 0. The van der Waals surface area contributed by atoms with Gasteiger partial charge < -0.3 is 19.3 Å². The molecule has 7 nitrogen and oxygen atoms in total. The highest BCUT2D eigenvalue weighted by Crippen LogP contribution is 2.73. The number of carbonyl (C=O) groups is 3. The lowest BCUT2D eigenvalue weighted by Gasteiger charge is -2.70. The maximum absolute atomic E-state index is 14.2. The zero-order chi connectivity index (χ0) is 26.1. The fourth-order valence-electron chi connectivity index (χ4n) is 9.23. The highest BCUT2D eigenvalue weighted by atomic mass is 16.8. The summed E-state index contributed by atoms with van der Waals surface area (Å²) < 4.78 is 18.4. The molecule has 194 valence electrons. The molecule has 0 bridgehead atoms. The molecule has 35 heavy (non-hydrogen) atoms. The van der Waals surface area contributed by atoms with E-state index >= 15 is 0 Å². The maximum Gasteiger partial charge on any atom is 0.311 e. The summed E-state index contributed by atoms with van der Waals surface area (Å²) in [6.07, 6.45) is -0.816. The zero-order valence-corrected chi connectivity index (χ0v) is 22.3. The van der Waals surface area contributed by atoms with Crippen molar-refractivity contribution in [2.75, 3.05) is 0 Å². The normalized spacial score (nSPS) is 55.3. The Morgan fingerprint density at radius 1 is 0.914 bits per heavy atom. The summed E-state index contributed by atoms with van der Waals surface area (Å²) in [5.74, 6) is -3.74. The molecular formula is C28H40O7. The van der Waals surface area contributed by atoms with Crippen LogP contribution in [0.15, 0.2) is 12.2 Å². The zero-order valence-electron chi connectivity index (χ0n) is 22.3. The Kier molecular flexibility index (Phi) is 5.05. The first-order valence-electron chi connectivity index (χ1n) is 13.0. The summed E-state index contributed by atoms with van der Waals surface area (Å²) in [6.45, 7) is 19.5. The topological polar surface area (TPSA) is 99.1 Å². The molecule has 0 radical (unpaired) electrons. The first-order chi connectivity index (χ1) is 16.0. The van der Waals surface area contributed by atoms with Gasteiger partial charge in [-0.15, -0.1) is 0 Å². The number of fused-ring (bicyclic) bond motifs is 5. The Bertz CT molecular complexity index is 1020. The number of aliphatic hydroxyl groups is 1. The summed E-state index contributed by atoms with van der Waals surface area (Å²) in [5, 5.41) is 11.8. The second-order valence-electron chi connectivity index (χ2n) is 13.2. The third-order valence-corrected chi connectivity index (χ3v) is 11.3. The molecule has 0 aromatic heterocycles. The summed E-state index contributed by atoms with van der Waals surface area (Å²) in [5.41, 5.74) is -2.94. The minimum atomic E-state index is -1.43. The lowest BCUT2D eigenvalue weighted by molar-refractivity contribution is -0.311. The summed E-state index contributed by atoms with van der Waals surface area (Å²) in [7, 11) is 0. The third-order valence-electron chi connectivity index (χ3n) is 11.3. The van der Waals surface area contributed by atoms with Gasteiger partial charge in [-0.2, -0.15) is 0 Å². The third kappa shape index (κ3) is 2.65. The van der Waals surface area contributed by atoms with Crippen LogP contribution >= 0.6 is 0 Å². The number of ketones is 2. The van der Waals surface area contributed by atoms with Gasteiger partial charge in [0, 0.05) is 23.2 Å². The van der Waals surface area contributed by atoms with Crippen LogP contribution in [0.2, 0.25) is 0 Å². The Balaban J connectivity index is 1.66. The number of allylic oxidation sites excluding steroid dienone is 1. The fraction of sp³-hybridized carbons (Fsp3) is 0.821. The van der Waals surface area contributed by atoms with Crippen molar-refractivity contribution in [2.24, 2.45) is 39.4 Å². The molecule has 10 unspecified atom stereocenters. The van der Waals surface area contributed by atoms with Gasteiger partial charge in [-0.25, -0.2) is 0 Å². The Hall–Kier alpha value is -1.57. The van der Waals surface area contributed by atoms with Gasteiger partial charge in [-0.05, 0) is 51.9 Å². The first-order valence-corrected chi connectivity index (χ1v) is 13.0. The van der Waals surface area contributed by atoms with Crippen LogP contribution in [0, 0.1) is 39.4 Å². The highest BCUT2D eigenvalue weighted by Gasteiger charge is 2.78. The molecule has 5 fully saturated rings. The van der Waals surface area contributed by atoms with E-state index in [0.717, 1.165) is 0 Å². The van der Waals surface area contributed by atoms with Crippen LogP contribution in [-0.2, 0) is 28.6 Å². The summed E-state index contributed by atoms with van der Waals surface area (Å²) in [4.78, 5) is 41.1. The molecule has 0 amide bonds. The van der Waals surface area contributed by atoms with E-state index in [1.54, 1.807) is 13.8 Å². The number of carbonyl (C=O) groups excluding carboxylic acids is 3. The SMILES string of the molecule is C=C1CC2C3(C)CCC4(OC(C)C(C)O4)C(C)(C)C3C(=O)C(O)C2(C)C2C(=O)OC(C)C(=O)C12C. The lowest BCUT2D eigenvalue weighted by atomic mass is 9.34. The number of hydrogen-bond acceptors (Lipinski definition) is 7. The smallest absolute Gasteiger partial charge is 0.311 e. The highest BCUT2D eigenvalue weighted by molar-refractivity contribution is 6.01. The second-order valence-corrected chi connectivity index (χ2v) is 13.2. The van der Waals surface area contributed by atoms with Crippen molar-refractivity contribution in [1.29, 1.82) is 0 Å². The van der Waals surface area contributed by atoms with E-state index in [1.165, 1.54) is 0 Å². The number of esters is 1. The molecule has 2 aliphatic heterocycles. The average Bonchev–Trinajstić information content (AvgIpc) is 3.06. The number of aliphatic hydroxyl groups excluding tert-OH is 1. The summed E-state index contributed by atoms with van der Waals surface area (Å²) in [6, 6.07) is 0. The summed E-state index contributed by atoms with van der Waals surface area (Å²) >= 11 is 0. The van der Waals surface area contributed by atoms with E-state index in [1.807, 2.05) is 34.6 Å². The van der Waals surface area contributed by atoms with E-state index in [2.05, 4.69) is 13.5 Å². The van der Waals surface area contributed by atoms with Crippen molar-refractivity contribution in [3.05, 3.63) is 12.2 Å². The Morgan fingerprint density at radius 3 is 2.06 bits per heavy atom. The predicted molar refractivity (Wildman–Crippen MR) is 127 cm³/mol. The van der Waals surface area contributed by atoms with Crippen molar-refractivity contribution in [1.82, 2.24) is 0 Å². The van der Waals surface area contributed by atoms with Crippen molar-refractivity contribution in [3.8, 4) is 0 Å². The Labute approximate surface area is 207 Å². The maximum atomic E-state index is 14.2. The molecule has 1 spiro atoms. The van der Waals surface area contributed by atoms with Crippen molar-refractivity contribution < 1.29 is 33.7 Å². The number of Topliss-reactive ketones (excluding diaryl/α,β-unsaturated/α-hetero) is 2. The van der Waals surface area contributed by atoms with Crippen molar-refractivity contribution in [2.45, 2.75) is 105 Å². The molecule has 2 saturated heterocycles. The Morgan fingerprint density at radius 2 is 1.49 bits per heavy atom. The molecule has 5 rings (SSSR count). The van der Waals surface area contributed by atoms with Gasteiger partial charge in [0.1, 0.15) is 6.10 Å². The molecule has 7 heteroatoms. The van der Waals surface area contributed by atoms with Crippen LogP contribution in [0.4, 0.5) is 0 Å². The molecule has 0 aromatic carbocycles. The fourth-order valence-corrected chi connectivity index (χ4v) is 9.23. The number of cyclic esters (lactones) is 1. The molecule has 3 saturated carbocycles. The lowest BCUT2D eigenvalue weighted by Crippen LogP contribution is -2.75. The van der Waals surface area contributed by atoms with Crippen molar-refractivity contribution >= 4 is 17.5 Å². The largest absolute Gasteiger partial charge is 0.454 e. The van der Waals surface area contributed by atoms with Crippen LogP contribution in [0.1, 0.15) is 74.7 Å². The van der Waals surface area contributed by atoms with Crippen LogP contribution in [0.25, 0.3) is 0 Å². The van der Waals surface area contributed by atoms with E-state index in [9.17, 15) is 19.5 Å². The first kappa shape index (κ1) is 25.1. The van der Waals surface area contributed by atoms with Gasteiger partial charge >= 0.3 is 5.97 Å². The number of ether oxygens (including phenoxy) is 3. The molecule has 5 aliphatic rings. The minimum Gasteiger partial charge on any atom is -0.454 e. The molecule has 2 heterocycles. The van der Waals surface area contributed by atoms with E-state index in [0.29, 0.717) is 24.8 Å². The van der Waals surface area contributed by atoms with E-state index in [4.69, 9.17) is 14.2 Å². The van der Waals surface area contributed by atoms with Crippen molar-refractivity contribution in [3.63, 3.8) is 0 Å². The van der Waals surface area contributed by atoms with Crippen LogP contribution in [0.5, 0.6) is 0 Å². The van der Waals surface area contributed by atoms with Crippen LogP contribution < -0.4 is 0 Å². The van der Waals surface area contributed by atoms with Gasteiger partial charge in [0.2, 0.25) is 0 Å². The average molecular weight is 489 g/mol. The molecule has 0 aromatic rings. The van der Waals surface area contributed by atoms with Gasteiger partial charge in [0.15, 0.2) is 23.5 Å². The predicted octanol–water partition coefficient (Wildman–Crippen LogP) is 3.61. The molecule has 1 N–H and O–H groups in total.